The third-order valence-corrected chi connectivity index (χ3v) is 4.25. The minimum atomic E-state index is -1.75. The first-order valence-electron chi connectivity index (χ1n) is 8.38. The van der Waals surface area contributed by atoms with E-state index in [9.17, 15) is 0 Å². The maximum absolute atomic E-state index is 8.25. The minimum absolute atomic E-state index is 0.346. The highest BCUT2D eigenvalue weighted by molar-refractivity contribution is 6.35. The molecule has 0 saturated carbocycles. The molecule has 1 aromatic heterocycles. The van der Waals surface area contributed by atoms with Gasteiger partial charge in [0, 0.05) is 15.6 Å². The number of hydrogen-bond acceptors (Lipinski definition) is 5. The van der Waals surface area contributed by atoms with Gasteiger partial charge in [0.15, 0.2) is 5.76 Å². The fourth-order valence-electron chi connectivity index (χ4n) is 2.23. The van der Waals surface area contributed by atoms with Gasteiger partial charge in [0.25, 0.3) is 0 Å². The lowest BCUT2D eigenvalue weighted by molar-refractivity contribution is -0.566. The number of aromatic nitrogens is 2. The van der Waals surface area contributed by atoms with Crippen LogP contribution in [-0.2, 0) is 4.74 Å². The van der Waals surface area contributed by atoms with Gasteiger partial charge in [-0.3, -0.25) is 0 Å². The highest BCUT2D eigenvalue weighted by Crippen LogP contribution is 2.27. The largest absolute Gasteiger partial charge is 0.490 e. The molecule has 0 amide bonds. The molecular weight excluding hydrogens is 457 g/mol. The zero-order valence-corrected chi connectivity index (χ0v) is 17.6. The van der Waals surface area contributed by atoms with Crippen molar-refractivity contribution < 1.29 is 19.1 Å². The lowest BCUT2D eigenvalue weighted by Gasteiger charge is -2.12. The maximum atomic E-state index is 8.25. The van der Waals surface area contributed by atoms with E-state index in [4.69, 9.17) is 59.6 Å². The highest BCUT2D eigenvalue weighted by atomic mass is 35.5. The Hall–Kier alpha value is -2.94. The topological polar surface area (TPSA) is 104 Å². The molecule has 11 heteroatoms. The van der Waals surface area contributed by atoms with Crippen molar-refractivity contribution in [2.24, 2.45) is 0 Å². The van der Waals surface area contributed by atoms with Crippen molar-refractivity contribution in [3.8, 4) is 5.75 Å². The molecule has 0 atom stereocenters. The molecule has 0 saturated heterocycles. The Morgan fingerprint density at radius 2 is 1.73 bits per heavy atom. The monoisotopic (exact) mass is 471 g/mol. The van der Waals surface area contributed by atoms with E-state index >= 15 is 0 Å². The third-order valence-electron chi connectivity index (χ3n) is 3.45. The normalized spacial score (nSPS) is 10.7. The second-order valence-electron chi connectivity index (χ2n) is 5.55. The van der Waals surface area contributed by atoms with E-state index in [2.05, 4.69) is 4.98 Å². The summed E-state index contributed by atoms with van der Waals surface area (Å²) in [5.74, 6) is 1.34. The summed E-state index contributed by atoms with van der Waals surface area (Å²) in [6.45, 7) is 0.723. The Morgan fingerprint density at radius 1 is 1.07 bits per heavy atom. The molecule has 8 nitrogen and oxygen atoms in total. The molecule has 0 spiro atoms. The first-order valence-corrected chi connectivity index (χ1v) is 9.52. The summed E-state index contributed by atoms with van der Waals surface area (Å²) in [6.07, 6.45) is 7.28. The predicted molar refractivity (Wildman–Crippen MR) is 115 cm³/mol. The molecule has 1 N–H and O–H groups in total. The Bertz CT molecular complexity index is 976. The molecule has 158 valence electrons. The Balaban J connectivity index is 0.000000735. The van der Waals surface area contributed by atoms with Crippen LogP contribution < -0.4 is 9.30 Å². The molecule has 2 aromatic carbocycles. The number of benzene rings is 2. The van der Waals surface area contributed by atoms with Crippen molar-refractivity contribution in [3.63, 3.8) is 0 Å². The molecule has 0 aliphatic rings. The van der Waals surface area contributed by atoms with Crippen LogP contribution in [0.2, 0.25) is 15.1 Å². The smallest absolute Gasteiger partial charge is 0.246 e. The molecule has 3 aromatic rings. The second-order valence-corrected chi connectivity index (χ2v) is 6.83. The van der Waals surface area contributed by atoms with Crippen LogP contribution in [0.4, 0.5) is 0 Å². The van der Waals surface area contributed by atoms with Crippen LogP contribution in [-0.4, -0.2) is 23.3 Å². The summed E-state index contributed by atoms with van der Waals surface area (Å²) in [7, 11) is 0. The van der Waals surface area contributed by atoms with Gasteiger partial charge in [-0.25, -0.2) is 9.55 Å². The van der Waals surface area contributed by atoms with E-state index in [1.165, 1.54) is 0 Å². The fraction of sp³-hybridized carbons (Fsp3) is 0.105. The quantitative estimate of drug-likeness (QED) is 0.170. The van der Waals surface area contributed by atoms with Gasteiger partial charge in [0.05, 0.1) is 10.1 Å². The highest BCUT2D eigenvalue weighted by Gasteiger charge is 2.11. The van der Waals surface area contributed by atoms with E-state index in [-0.39, 0.29) is 0 Å². The summed E-state index contributed by atoms with van der Waals surface area (Å²) in [5, 5.41) is 16.5. The summed E-state index contributed by atoms with van der Waals surface area (Å²) in [4.78, 5) is 11.2. The van der Waals surface area contributed by atoms with Gasteiger partial charge in [-0.2, -0.15) is 0 Å². The fourth-order valence-corrected chi connectivity index (χ4v) is 2.86. The first kappa shape index (κ1) is 23.3. The van der Waals surface area contributed by atoms with Crippen molar-refractivity contribution in [1.82, 2.24) is 4.98 Å². The van der Waals surface area contributed by atoms with Gasteiger partial charge in [-0.1, -0.05) is 34.8 Å². The van der Waals surface area contributed by atoms with Crippen molar-refractivity contribution in [3.05, 3.63) is 97.1 Å². The number of H-pyrrole nitrogens is 1. The third kappa shape index (κ3) is 8.20. The molecule has 0 unspecified atom stereocenters. The van der Waals surface area contributed by atoms with E-state index in [1.807, 2.05) is 35.2 Å². The van der Waals surface area contributed by atoms with Gasteiger partial charge < -0.3 is 24.8 Å². The van der Waals surface area contributed by atoms with Crippen molar-refractivity contribution >= 4 is 46.8 Å². The van der Waals surface area contributed by atoms with Crippen molar-refractivity contribution in [2.45, 2.75) is 0 Å². The standard InChI is InChI=1S/C19H15Cl3N2O2.NO3/c20-14-1-4-16(5-2-14)25-9-10-26-19(12-24-8-7-23-13-24)17-6-3-15(21)11-18(17)22;2-1(3)4/h1-8,11-13H,9-10H2;/q;-1/p+1/b19-12-;. The van der Waals surface area contributed by atoms with E-state index in [0.717, 1.165) is 11.3 Å². The van der Waals surface area contributed by atoms with E-state index in [0.29, 0.717) is 34.0 Å². The van der Waals surface area contributed by atoms with E-state index in [1.54, 1.807) is 36.8 Å². The average molecular weight is 473 g/mol. The van der Waals surface area contributed by atoms with Gasteiger partial charge >= 0.3 is 0 Å². The van der Waals surface area contributed by atoms with Crippen LogP contribution >= 0.6 is 34.8 Å². The van der Waals surface area contributed by atoms with Crippen LogP contribution in [0.15, 0.2) is 61.2 Å². The Morgan fingerprint density at radius 3 is 2.33 bits per heavy atom. The molecule has 0 aliphatic heterocycles. The predicted octanol–water partition coefficient (Wildman–Crippen LogP) is 5.07. The molecule has 0 bridgehead atoms. The average Bonchev–Trinajstić information content (AvgIpc) is 3.19. The Labute approximate surface area is 186 Å². The first-order chi connectivity index (χ1) is 14.3. The van der Waals surface area contributed by atoms with Crippen LogP contribution in [0.5, 0.6) is 5.75 Å². The zero-order valence-electron chi connectivity index (χ0n) is 15.3. The molecule has 0 aliphatic carbocycles. The van der Waals surface area contributed by atoms with Crippen LogP contribution in [0, 0.1) is 15.3 Å². The zero-order chi connectivity index (χ0) is 21.9. The Kier molecular flexibility index (Phi) is 9.27. The van der Waals surface area contributed by atoms with Gasteiger partial charge in [0.1, 0.15) is 37.6 Å². The lowest BCUT2D eigenvalue weighted by atomic mass is 10.2. The maximum Gasteiger partial charge on any atom is 0.246 e. The number of rotatable bonds is 7. The second kappa shape index (κ2) is 11.9. The minimum Gasteiger partial charge on any atom is -0.490 e. The molecule has 30 heavy (non-hydrogen) atoms. The number of halogens is 3. The van der Waals surface area contributed by atoms with Crippen LogP contribution in [0.25, 0.3) is 12.0 Å². The number of aromatic amines is 1. The van der Waals surface area contributed by atoms with Gasteiger partial charge in [0.2, 0.25) is 6.33 Å². The van der Waals surface area contributed by atoms with Crippen LogP contribution in [0.3, 0.4) is 0 Å². The molecule has 1 heterocycles. The summed E-state index contributed by atoms with van der Waals surface area (Å²) in [5.41, 5.74) is 0.747. The molecule has 3 rings (SSSR count). The van der Waals surface area contributed by atoms with Crippen molar-refractivity contribution in [2.75, 3.05) is 13.2 Å². The summed E-state index contributed by atoms with van der Waals surface area (Å²) < 4.78 is 13.4. The SMILES string of the molecule is Clc1ccc(OCCO/C(=C\[n+]2cc[nH]c2)c2ccc(Cl)cc2Cl)cc1.O=[N+]([O-])[O-]. The number of ether oxygens (including phenoxy) is 2. The molecule has 0 fully saturated rings. The lowest BCUT2D eigenvalue weighted by Crippen LogP contribution is -2.22. The number of nitrogens with zero attached hydrogens (tertiary/aromatic N) is 2. The summed E-state index contributed by atoms with van der Waals surface area (Å²) >= 11 is 18.2. The molecular formula is C19H16Cl3N3O5. The summed E-state index contributed by atoms with van der Waals surface area (Å²) in [6, 6.07) is 12.4. The van der Waals surface area contributed by atoms with Gasteiger partial charge in [-0.05, 0) is 42.5 Å². The molecule has 0 radical (unpaired) electrons. The number of nitrogens with one attached hydrogen (secondary N) is 1. The number of imidazole rings is 1. The van der Waals surface area contributed by atoms with Crippen molar-refractivity contribution in [1.29, 1.82) is 0 Å². The van der Waals surface area contributed by atoms with E-state index < -0.39 is 5.09 Å². The number of hydrogen-bond donors (Lipinski definition) is 1. The van der Waals surface area contributed by atoms with Crippen LogP contribution in [0.1, 0.15) is 5.56 Å². The van der Waals surface area contributed by atoms with Gasteiger partial charge in [-0.15, -0.1) is 0 Å².